The minimum Gasteiger partial charge on any atom is -0.316 e. The van der Waals surface area contributed by atoms with Crippen molar-refractivity contribution in [3.8, 4) is 5.69 Å². The standard InChI is InChI=1S/C16H23N5/c1-12-6-13(2)8-16(7-12)21-18-9-15(19-21)11-20-5-4-14(10-20)17-3/h6-9,14,17H,4-5,10-11H2,1-3H3. The van der Waals surface area contributed by atoms with Gasteiger partial charge in [0, 0.05) is 25.7 Å². The second-order valence-electron chi connectivity index (χ2n) is 5.98. The summed E-state index contributed by atoms with van der Waals surface area (Å²) in [5.74, 6) is 0. The molecule has 1 saturated heterocycles. The number of aromatic nitrogens is 3. The molecule has 1 aliphatic rings. The van der Waals surface area contributed by atoms with Crippen LogP contribution in [0.2, 0.25) is 0 Å². The van der Waals surface area contributed by atoms with Crippen LogP contribution >= 0.6 is 0 Å². The lowest BCUT2D eigenvalue weighted by Crippen LogP contribution is -2.29. The van der Waals surface area contributed by atoms with Gasteiger partial charge in [0.15, 0.2) is 0 Å². The molecule has 5 heteroatoms. The van der Waals surface area contributed by atoms with Crippen LogP contribution in [0.25, 0.3) is 5.69 Å². The smallest absolute Gasteiger partial charge is 0.0971 e. The number of likely N-dealkylation sites (tertiary alicyclic amines) is 1. The molecule has 2 aromatic rings. The summed E-state index contributed by atoms with van der Waals surface area (Å²) in [5.41, 5.74) is 4.54. The van der Waals surface area contributed by atoms with Crippen LogP contribution in [0.15, 0.2) is 24.4 Å². The number of hydrogen-bond donors (Lipinski definition) is 1. The summed E-state index contributed by atoms with van der Waals surface area (Å²) < 4.78 is 0. The third kappa shape index (κ3) is 3.31. The minimum absolute atomic E-state index is 0.611. The fourth-order valence-corrected chi connectivity index (χ4v) is 3.00. The fourth-order valence-electron chi connectivity index (χ4n) is 3.00. The Bertz CT molecular complexity index is 599. The van der Waals surface area contributed by atoms with E-state index < -0.39 is 0 Å². The molecule has 0 bridgehead atoms. The lowest BCUT2D eigenvalue weighted by molar-refractivity contribution is 0.318. The van der Waals surface area contributed by atoms with Gasteiger partial charge >= 0.3 is 0 Å². The molecule has 1 aromatic carbocycles. The number of aryl methyl sites for hydroxylation is 2. The van der Waals surface area contributed by atoms with Crippen LogP contribution in [0.1, 0.15) is 23.2 Å². The van der Waals surface area contributed by atoms with Crippen LogP contribution in [0.5, 0.6) is 0 Å². The quantitative estimate of drug-likeness (QED) is 0.928. The first-order valence-corrected chi connectivity index (χ1v) is 7.53. The normalized spacial score (nSPS) is 19.3. The summed E-state index contributed by atoms with van der Waals surface area (Å²) in [4.78, 5) is 4.16. The number of nitrogens with zero attached hydrogens (tertiary/aromatic N) is 4. The van der Waals surface area contributed by atoms with E-state index in [-0.39, 0.29) is 0 Å². The first kappa shape index (κ1) is 14.2. The van der Waals surface area contributed by atoms with Crippen LogP contribution in [0.3, 0.4) is 0 Å². The molecule has 3 rings (SSSR count). The van der Waals surface area contributed by atoms with Gasteiger partial charge in [-0.15, -0.1) is 0 Å². The van der Waals surface area contributed by atoms with E-state index in [0.717, 1.165) is 31.0 Å². The molecular weight excluding hydrogens is 262 g/mol. The first-order valence-electron chi connectivity index (χ1n) is 7.53. The summed E-state index contributed by atoms with van der Waals surface area (Å²) in [6.07, 6.45) is 3.09. The molecule has 1 fully saturated rings. The molecule has 0 spiro atoms. The monoisotopic (exact) mass is 285 g/mol. The predicted octanol–water partition coefficient (Wildman–Crippen LogP) is 1.68. The summed E-state index contributed by atoms with van der Waals surface area (Å²) >= 11 is 0. The summed E-state index contributed by atoms with van der Waals surface area (Å²) in [5, 5.41) is 12.4. The Balaban J connectivity index is 1.71. The second-order valence-corrected chi connectivity index (χ2v) is 5.98. The Morgan fingerprint density at radius 2 is 2.00 bits per heavy atom. The average molecular weight is 285 g/mol. The zero-order valence-corrected chi connectivity index (χ0v) is 13.0. The van der Waals surface area contributed by atoms with Crippen LogP contribution in [0, 0.1) is 13.8 Å². The largest absolute Gasteiger partial charge is 0.316 e. The Morgan fingerprint density at radius 3 is 2.67 bits per heavy atom. The van der Waals surface area contributed by atoms with Gasteiger partial charge in [-0.25, -0.2) is 0 Å². The summed E-state index contributed by atoms with van der Waals surface area (Å²) in [6, 6.07) is 7.00. The molecular formula is C16H23N5. The molecule has 5 nitrogen and oxygen atoms in total. The molecule has 1 atom stereocenters. The minimum atomic E-state index is 0.611. The van der Waals surface area contributed by atoms with Gasteiger partial charge in [0.25, 0.3) is 0 Å². The van der Waals surface area contributed by atoms with Crippen molar-refractivity contribution in [2.75, 3.05) is 20.1 Å². The maximum absolute atomic E-state index is 4.62. The van der Waals surface area contributed by atoms with E-state index in [1.807, 2.05) is 13.2 Å². The Labute approximate surface area is 126 Å². The number of benzene rings is 1. The van der Waals surface area contributed by atoms with Crippen molar-refractivity contribution in [3.05, 3.63) is 41.2 Å². The van der Waals surface area contributed by atoms with E-state index >= 15 is 0 Å². The van der Waals surface area contributed by atoms with Crippen LogP contribution in [-0.2, 0) is 6.54 Å². The van der Waals surface area contributed by atoms with Crippen molar-refractivity contribution in [2.45, 2.75) is 32.9 Å². The fraction of sp³-hybridized carbons (Fsp3) is 0.500. The molecule has 21 heavy (non-hydrogen) atoms. The molecule has 112 valence electrons. The van der Waals surface area contributed by atoms with Crippen LogP contribution in [0.4, 0.5) is 0 Å². The number of hydrogen-bond acceptors (Lipinski definition) is 4. The van der Waals surface area contributed by atoms with Crippen molar-refractivity contribution < 1.29 is 0 Å². The van der Waals surface area contributed by atoms with Gasteiger partial charge in [0.2, 0.25) is 0 Å². The van der Waals surface area contributed by atoms with Crippen molar-refractivity contribution in [1.29, 1.82) is 0 Å². The van der Waals surface area contributed by atoms with E-state index in [2.05, 4.69) is 52.5 Å². The van der Waals surface area contributed by atoms with E-state index in [1.54, 1.807) is 4.80 Å². The van der Waals surface area contributed by atoms with Crippen molar-refractivity contribution in [3.63, 3.8) is 0 Å². The maximum Gasteiger partial charge on any atom is 0.0971 e. The molecule has 1 N–H and O–H groups in total. The number of nitrogens with one attached hydrogen (secondary N) is 1. The molecule has 0 radical (unpaired) electrons. The van der Waals surface area contributed by atoms with Crippen LogP contribution < -0.4 is 5.32 Å². The molecule has 1 unspecified atom stereocenters. The highest BCUT2D eigenvalue weighted by atomic mass is 15.5. The van der Waals surface area contributed by atoms with Gasteiger partial charge in [-0.05, 0) is 50.6 Å². The number of rotatable bonds is 4. The lowest BCUT2D eigenvalue weighted by atomic mass is 10.1. The van der Waals surface area contributed by atoms with E-state index in [9.17, 15) is 0 Å². The van der Waals surface area contributed by atoms with E-state index in [1.165, 1.54) is 17.5 Å². The summed E-state index contributed by atoms with van der Waals surface area (Å²) in [6.45, 7) is 7.30. The highest BCUT2D eigenvalue weighted by molar-refractivity contribution is 5.37. The van der Waals surface area contributed by atoms with Crippen molar-refractivity contribution in [1.82, 2.24) is 25.2 Å². The lowest BCUT2D eigenvalue weighted by Gasteiger charge is -2.13. The average Bonchev–Trinajstić information content (AvgIpc) is 3.07. The zero-order chi connectivity index (χ0) is 14.8. The second kappa shape index (κ2) is 5.95. The SMILES string of the molecule is CNC1CCN(Cc2cnn(-c3cc(C)cc(C)c3)n2)C1. The predicted molar refractivity (Wildman–Crippen MR) is 83.6 cm³/mol. The van der Waals surface area contributed by atoms with Crippen molar-refractivity contribution >= 4 is 0 Å². The summed E-state index contributed by atoms with van der Waals surface area (Å²) in [7, 11) is 2.03. The molecule has 2 heterocycles. The Morgan fingerprint density at radius 1 is 1.24 bits per heavy atom. The zero-order valence-electron chi connectivity index (χ0n) is 13.0. The maximum atomic E-state index is 4.62. The Kier molecular flexibility index (Phi) is 4.03. The molecule has 0 aliphatic carbocycles. The van der Waals surface area contributed by atoms with Gasteiger partial charge in [-0.2, -0.15) is 15.0 Å². The van der Waals surface area contributed by atoms with Gasteiger partial charge in [-0.1, -0.05) is 6.07 Å². The van der Waals surface area contributed by atoms with Gasteiger partial charge in [0.05, 0.1) is 17.6 Å². The third-order valence-electron chi connectivity index (χ3n) is 4.04. The third-order valence-corrected chi connectivity index (χ3v) is 4.04. The van der Waals surface area contributed by atoms with E-state index in [0.29, 0.717) is 6.04 Å². The topological polar surface area (TPSA) is 46.0 Å². The molecule has 1 aromatic heterocycles. The molecule has 0 saturated carbocycles. The first-order chi connectivity index (χ1) is 10.1. The molecule has 1 aliphatic heterocycles. The Hall–Kier alpha value is -1.72. The van der Waals surface area contributed by atoms with Gasteiger partial charge in [0.1, 0.15) is 0 Å². The highest BCUT2D eigenvalue weighted by Gasteiger charge is 2.21. The van der Waals surface area contributed by atoms with Crippen LogP contribution in [-0.4, -0.2) is 46.1 Å². The highest BCUT2D eigenvalue weighted by Crippen LogP contribution is 2.14. The number of likely N-dealkylation sites (N-methyl/N-ethyl adjacent to an activating group) is 1. The van der Waals surface area contributed by atoms with E-state index in [4.69, 9.17) is 0 Å². The van der Waals surface area contributed by atoms with Crippen molar-refractivity contribution in [2.24, 2.45) is 0 Å². The van der Waals surface area contributed by atoms with Gasteiger partial charge in [-0.3, -0.25) is 4.90 Å². The van der Waals surface area contributed by atoms with Gasteiger partial charge < -0.3 is 5.32 Å². The molecule has 0 amide bonds.